The maximum atomic E-state index is 11.9. The first-order valence-corrected chi connectivity index (χ1v) is 6.46. The number of carbonyl (C=O) groups is 1. The summed E-state index contributed by atoms with van der Waals surface area (Å²) in [5.41, 5.74) is 9.47. The summed E-state index contributed by atoms with van der Waals surface area (Å²) in [6.07, 6.45) is 0.914. The van der Waals surface area contributed by atoms with Crippen molar-refractivity contribution >= 4 is 11.6 Å². The van der Waals surface area contributed by atoms with Gasteiger partial charge in [-0.3, -0.25) is 4.79 Å². The first-order valence-electron chi connectivity index (χ1n) is 6.46. The Hall–Kier alpha value is -2.29. The van der Waals surface area contributed by atoms with Gasteiger partial charge in [0.25, 0.3) is 5.91 Å². The lowest BCUT2D eigenvalue weighted by Crippen LogP contribution is -2.36. The van der Waals surface area contributed by atoms with Gasteiger partial charge in [0, 0.05) is 18.2 Å². The van der Waals surface area contributed by atoms with Crippen LogP contribution in [0.4, 0.5) is 5.69 Å². The number of amides is 1. The predicted octanol–water partition coefficient (Wildman–Crippen LogP) is 2.34. The number of nitrogen functional groups attached to an aromatic ring is 1. The molecule has 2 aromatic carbocycles. The summed E-state index contributed by atoms with van der Waals surface area (Å²) in [6, 6.07) is 16.0. The van der Waals surface area contributed by atoms with Crippen LogP contribution >= 0.6 is 0 Å². The number of benzene rings is 2. The van der Waals surface area contributed by atoms with Crippen molar-refractivity contribution in [1.29, 1.82) is 0 Å². The lowest BCUT2D eigenvalue weighted by molar-refractivity contribution is 0.0941. The van der Waals surface area contributed by atoms with Crippen molar-refractivity contribution < 1.29 is 4.79 Å². The highest BCUT2D eigenvalue weighted by atomic mass is 16.1. The minimum Gasteiger partial charge on any atom is -0.398 e. The van der Waals surface area contributed by atoms with Gasteiger partial charge < -0.3 is 11.1 Å². The molecule has 2 aromatic rings. The topological polar surface area (TPSA) is 55.1 Å². The highest BCUT2D eigenvalue weighted by molar-refractivity contribution is 6.01. The first kappa shape index (κ1) is 11.8. The minimum atomic E-state index is -0.0580. The van der Waals surface area contributed by atoms with E-state index in [0.29, 0.717) is 23.7 Å². The fraction of sp³-hybridized carbons (Fsp3) is 0.188. The highest BCUT2D eigenvalue weighted by Crippen LogP contribution is 2.30. The van der Waals surface area contributed by atoms with Crippen LogP contribution in [0.25, 0.3) is 0 Å². The van der Waals surface area contributed by atoms with Crippen molar-refractivity contribution in [2.75, 3.05) is 12.3 Å². The van der Waals surface area contributed by atoms with Crippen molar-refractivity contribution in [2.24, 2.45) is 0 Å². The Kier molecular flexibility index (Phi) is 2.95. The van der Waals surface area contributed by atoms with Crippen LogP contribution < -0.4 is 11.1 Å². The smallest absolute Gasteiger partial charge is 0.253 e. The second kappa shape index (κ2) is 4.76. The minimum absolute atomic E-state index is 0.0580. The number of nitrogens with one attached hydrogen (secondary N) is 1. The van der Waals surface area contributed by atoms with Crippen LogP contribution in [0.3, 0.4) is 0 Å². The van der Waals surface area contributed by atoms with Crippen LogP contribution in [0.2, 0.25) is 0 Å². The Morgan fingerprint density at radius 3 is 2.68 bits per heavy atom. The molecule has 19 heavy (non-hydrogen) atoms. The van der Waals surface area contributed by atoms with Gasteiger partial charge in [-0.1, -0.05) is 42.5 Å². The molecule has 0 aliphatic carbocycles. The van der Waals surface area contributed by atoms with Gasteiger partial charge in [-0.2, -0.15) is 0 Å². The number of rotatable bonds is 2. The molecule has 96 valence electrons. The molecule has 0 aromatic heterocycles. The molecule has 3 rings (SSSR count). The summed E-state index contributed by atoms with van der Waals surface area (Å²) in [5.74, 6) is 0.232. The number of hydrogen-bond acceptors (Lipinski definition) is 2. The summed E-state index contributed by atoms with van der Waals surface area (Å²) in [6.45, 7) is 0.671. The van der Waals surface area contributed by atoms with Gasteiger partial charge in [-0.05, 0) is 23.6 Å². The van der Waals surface area contributed by atoms with Crippen molar-refractivity contribution in [3.8, 4) is 0 Å². The van der Waals surface area contributed by atoms with Crippen LogP contribution in [0.1, 0.15) is 27.4 Å². The summed E-state index contributed by atoms with van der Waals surface area (Å²) in [4.78, 5) is 11.9. The van der Waals surface area contributed by atoms with Gasteiger partial charge in [-0.15, -0.1) is 0 Å². The normalized spacial score (nSPS) is 17.7. The number of nitrogens with two attached hydrogens (primary N) is 1. The lowest BCUT2D eigenvalue weighted by atomic mass is 9.85. The Bertz CT molecular complexity index is 607. The van der Waals surface area contributed by atoms with Gasteiger partial charge in [-0.25, -0.2) is 0 Å². The first-order chi connectivity index (χ1) is 9.25. The molecule has 3 nitrogen and oxygen atoms in total. The Morgan fingerprint density at radius 1 is 1.11 bits per heavy atom. The van der Waals surface area contributed by atoms with E-state index in [1.54, 1.807) is 6.07 Å². The third-order valence-corrected chi connectivity index (χ3v) is 3.63. The van der Waals surface area contributed by atoms with Crippen molar-refractivity contribution in [3.63, 3.8) is 0 Å². The van der Waals surface area contributed by atoms with Crippen molar-refractivity contribution in [1.82, 2.24) is 5.32 Å². The van der Waals surface area contributed by atoms with Gasteiger partial charge in [0.1, 0.15) is 0 Å². The van der Waals surface area contributed by atoms with E-state index in [2.05, 4.69) is 17.4 Å². The van der Waals surface area contributed by atoms with E-state index >= 15 is 0 Å². The van der Waals surface area contributed by atoms with Crippen molar-refractivity contribution in [2.45, 2.75) is 12.3 Å². The monoisotopic (exact) mass is 252 g/mol. The van der Waals surface area contributed by atoms with E-state index in [1.165, 1.54) is 5.56 Å². The van der Waals surface area contributed by atoms with Crippen LogP contribution in [0, 0.1) is 0 Å². The Morgan fingerprint density at radius 2 is 1.89 bits per heavy atom. The zero-order chi connectivity index (χ0) is 13.2. The summed E-state index contributed by atoms with van der Waals surface area (Å²) in [5, 5.41) is 2.93. The summed E-state index contributed by atoms with van der Waals surface area (Å²) >= 11 is 0. The van der Waals surface area contributed by atoms with Gasteiger partial charge in [0.05, 0.1) is 5.56 Å². The molecular weight excluding hydrogens is 236 g/mol. The van der Waals surface area contributed by atoms with Crippen LogP contribution in [-0.4, -0.2) is 12.5 Å². The summed E-state index contributed by atoms with van der Waals surface area (Å²) < 4.78 is 0. The zero-order valence-corrected chi connectivity index (χ0v) is 10.6. The van der Waals surface area contributed by atoms with E-state index in [1.807, 2.05) is 30.3 Å². The molecule has 1 atom stereocenters. The number of carbonyl (C=O) groups excluding carboxylic acids is 1. The zero-order valence-electron chi connectivity index (χ0n) is 10.6. The van der Waals surface area contributed by atoms with E-state index in [0.717, 1.165) is 12.0 Å². The molecule has 0 bridgehead atoms. The largest absolute Gasteiger partial charge is 0.398 e. The molecule has 0 fully saturated rings. The molecule has 1 aliphatic heterocycles. The average Bonchev–Trinajstić information content (AvgIpc) is 2.43. The van der Waals surface area contributed by atoms with Crippen LogP contribution in [0.5, 0.6) is 0 Å². The molecule has 3 heteroatoms. The van der Waals surface area contributed by atoms with Gasteiger partial charge >= 0.3 is 0 Å². The maximum Gasteiger partial charge on any atom is 0.253 e. The quantitative estimate of drug-likeness (QED) is 0.806. The molecular formula is C16H16N2O. The average molecular weight is 252 g/mol. The molecule has 1 amide bonds. The van der Waals surface area contributed by atoms with E-state index in [9.17, 15) is 4.79 Å². The SMILES string of the molecule is Nc1cccc2c1C(=O)NCC2Cc1ccccc1. The molecule has 0 saturated heterocycles. The molecule has 0 saturated carbocycles. The molecule has 1 heterocycles. The van der Waals surface area contributed by atoms with E-state index in [-0.39, 0.29) is 5.91 Å². The number of anilines is 1. The van der Waals surface area contributed by atoms with E-state index < -0.39 is 0 Å². The third-order valence-electron chi connectivity index (χ3n) is 3.63. The molecule has 1 unspecified atom stereocenters. The van der Waals surface area contributed by atoms with Crippen LogP contribution in [0.15, 0.2) is 48.5 Å². The Balaban J connectivity index is 1.96. The van der Waals surface area contributed by atoms with Gasteiger partial charge in [0.2, 0.25) is 0 Å². The number of hydrogen-bond donors (Lipinski definition) is 2. The highest BCUT2D eigenvalue weighted by Gasteiger charge is 2.26. The standard InChI is InChI=1S/C16H16N2O/c17-14-8-4-7-13-12(10-18-16(19)15(13)14)9-11-5-2-1-3-6-11/h1-8,12H,9-10,17H2,(H,18,19). The predicted molar refractivity (Wildman–Crippen MR) is 76.1 cm³/mol. The third kappa shape index (κ3) is 2.19. The van der Waals surface area contributed by atoms with Crippen molar-refractivity contribution in [3.05, 3.63) is 65.2 Å². The van der Waals surface area contributed by atoms with Gasteiger partial charge in [0.15, 0.2) is 0 Å². The Labute approximate surface area is 112 Å². The molecule has 0 spiro atoms. The molecule has 0 radical (unpaired) electrons. The fourth-order valence-corrected chi connectivity index (χ4v) is 2.69. The second-order valence-corrected chi connectivity index (χ2v) is 4.91. The maximum absolute atomic E-state index is 11.9. The fourth-order valence-electron chi connectivity index (χ4n) is 2.69. The van der Waals surface area contributed by atoms with Crippen LogP contribution in [-0.2, 0) is 6.42 Å². The number of fused-ring (bicyclic) bond motifs is 1. The lowest BCUT2D eigenvalue weighted by Gasteiger charge is -2.26. The molecule has 3 N–H and O–H groups in total. The molecule has 1 aliphatic rings. The second-order valence-electron chi connectivity index (χ2n) is 4.91. The summed E-state index contributed by atoms with van der Waals surface area (Å²) in [7, 11) is 0. The van der Waals surface area contributed by atoms with E-state index in [4.69, 9.17) is 5.73 Å².